The second kappa shape index (κ2) is 8.95. The van der Waals surface area contributed by atoms with Crippen LogP contribution in [-0.4, -0.2) is 39.8 Å². The summed E-state index contributed by atoms with van der Waals surface area (Å²) in [6.07, 6.45) is -4.36. The van der Waals surface area contributed by atoms with E-state index in [4.69, 9.17) is 4.74 Å². The first-order valence-corrected chi connectivity index (χ1v) is 6.57. The summed E-state index contributed by atoms with van der Waals surface area (Å²) in [5.41, 5.74) is -0.386. The fourth-order valence-corrected chi connectivity index (χ4v) is 1.54. The first kappa shape index (κ1) is 17.9. The molecule has 0 saturated heterocycles. The third-order valence-electron chi connectivity index (χ3n) is 2.59. The molecule has 0 aliphatic rings. The normalized spacial score (nSPS) is 11.6. The van der Waals surface area contributed by atoms with Crippen LogP contribution < -0.4 is 10.6 Å². The van der Waals surface area contributed by atoms with Crippen molar-refractivity contribution in [1.82, 2.24) is 10.6 Å². The average molecular weight is 313 g/mol. The molecule has 0 fully saturated rings. The first-order valence-electron chi connectivity index (χ1n) is 6.57. The molecule has 0 atom stereocenters. The highest BCUT2D eigenvalue weighted by atomic mass is 19.4. The highest BCUT2D eigenvalue weighted by Crippen LogP contribution is 2.29. The molecule has 120 valence electrons. The van der Waals surface area contributed by atoms with Crippen molar-refractivity contribution in [2.45, 2.75) is 6.18 Å². The number of ether oxygens (including phenoxy) is 1. The van der Waals surface area contributed by atoms with Crippen LogP contribution in [0, 0.1) is 11.8 Å². The van der Waals surface area contributed by atoms with Crippen molar-refractivity contribution in [3.05, 3.63) is 35.4 Å². The van der Waals surface area contributed by atoms with Crippen molar-refractivity contribution in [3.8, 4) is 11.8 Å². The number of methoxy groups -OCH3 is 1. The number of aliphatic imine (C=N–C) groups is 1. The summed E-state index contributed by atoms with van der Waals surface area (Å²) in [6.45, 7) is 1.40. The summed E-state index contributed by atoms with van der Waals surface area (Å²) >= 11 is 0. The van der Waals surface area contributed by atoms with Crippen molar-refractivity contribution < 1.29 is 17.9 Å². The van der Waals surface area contributed by atoms with Gasteiger partial charge in [-0.1, -0.05) is 17.9 Å². The number of guanidine groups is 1. The minimum Gasteiger partial charge on any atom is -0.383 e. The highest BCUT2D eigenvalue weighted by Gasteiger charge is 2.30. The van der Waals surface area contributed by atoms with E-state index in [2.05, 4.69) is 27.5 Å². The molecule has 1 aromatic carbocycles. The Labute approximate surface area is 127 Å². The molecule has 0 aromatic heterocycles. The molecule has 7 heteroatoms. The highest BCUT2D eigenvalue weighted by molar-refractivity contribution is 5.79. The van der Waals surface area contributed by atoms with Gasteiger partial charge in [0.1, 0.15) is 0 Å². The van der Waals surface area contributed by atoms with Gasteiger partial charge in [-0.25, -0.2) is 0 Å². The average Bonchev–Trinajstić information content (AvgIpc) is 2.49. The number of nitrogens with zero attached hydrogens (tertiary/aromatic N) is 1. The molecule has 0 radical (unpaired) electrons. The quantitative estimate of drug-likeness (QED) is 0.386. The minimum atomic E-state index is -4.36. The predicted octanol–water partition coefficient (Wildman–Crippen LogP) is 1.87. The van der Waals surface area contributed by atoms with Gasteiger partial charge >= 0.3 is 6.18 Å². The summed E-state index contributed by atoms with van der Waals surface area (Å²) in [4.78, 5) is 3.97. The number of alkyl halides is 3. The van der Waals surface area contributed by atoms with Crippen LogP contribution in [0.1, 0.15) is 11.1 Å². The Kier molecular flexibility index (Phi) is 7.26. The molecule has 4 nitrogen and oxygen atoms in total. The number of hydrogen-bond donors (Lipinski definition) is 2. The zero-order valence-electron chi connectivity index (χ0n) is 12.4. The molecule has 0 unspecified atom stereocenters. The van der Waals surface area contributed by atoms with E-state index in [1.54, 1.807) is 14.2 Å². The van der Waals surface area contributed by atoms with Crippen molar-refractivity contribution in [2.24, 2.45) is 4.99 Å². The topological polar surface area (TPSA) is 45.7 Å². The van der Waals surface area contributed by atoms with E-state index in [0.717, 1.165) is 12.1 Å². The molecule has 0 amide bonds. The minimum absolute atomic E-state index is 0.267. The maximum Gasteiger partial charge on any atom is 0.416 e. The van der Waals surface area contributed by atoms with Crippen molar-refractivity contribution >= 4 is 5.96 Å². The maximum atomic E-state index is 12.6. The molecule has 0 heterocycles. The van der Waals surface area contributed by atoms with Crippen LogP contribution in [0.4, 0.5) is 13.2 Å². The first-order chi connectivity index (χ1) is 10.5. The lowest BCUT2D eigenvalue weighted by Crippen LogP contribution is -2.38. The van der Waals surface area contributed by atoms with E-state index in [1.807, 2.05) is 0 Å². The molecule has 0 aliphatic heterocycles. The lowest BCUT2D eigenvalue weighted by Gasteiger charge is -2.08. The van der Waals surface area contributed by atoms with Gasteiger partial charge in [0.05, 0.1) is 18.7 Å². The predicted molar refractivity (Wildman–Crippen MR) is 79.6 cm³/mol. The van der Waals surface area contributed by atoms with Crippen LogP contribution in [0.2, 0.25) is 0 Å². The zero-order valence-corrected chi connectivity index (χ0v) is 12.4. The second-order valence-corrected chi connectivity index (χ2v) is 4.23. The van der Waals surface area contributed by atoms with Gasteiger partial charge < -0.3 is 15.4 Å². The van der Waals surface area contributed by atoms with E-state index in [0.29, 0.717) is 24.7 Å². The van der Waals surface area contributed by atoms with Crippen molar-refractivity contribution in [1.29, 1.82) is 0 Å². The smallest absolute Gasteiger partial charge is 0.383 e. The van der Waals surface area contributed by atoms with Gasteiger partial charge in [-0.05, 0) is 18.2 Å². The monoisotopic (exact) mass is 313 g/mol. The molecule has 0 saturated carbocycles. The fraction of sp³-hybridized carbons (Fsp3) is 0.400. The maximum absolute atomic E-state index is 12.6. The van der Waals surface area contributed by atoms with E-state index in [9.17, 15) is 13.2 Å². The second-order valence-electron chi connectivity index (χ2n) is 4.23. The standard InChI is InChI=1S/C15H18F3N3O/c1-19-14(21-9-10-22-2)20-8-4-6-12-5-3-7-13(11-12)15(16,17)18/h3,5,7,11H,8-10H2,1-2H3,(H2,19,20,21). The van der Waals surface area contributed by atoms with Gasteiger partial charge in [0.2, 0.25) is 0 Å². The number of benzene rings is 1. The van der Waals surface area contributed by atoms with Gasteiger partial charge in [-0.15, -0.1) is 0 Å². The molecule has 0 spiro atoms. The van der Waals surface area contributed by atoms with E-state index >= 15 is 0 Å². The van der Waals surface area contributed by atoms with Gasteiger partial charge in [0.25, 0.3) is 0 Å². The molecule has 1 aromatic rings. The van der Waals surface area contributed by atoms with Crippen LogP contribution in [0.3, 0.4) is 0 Å². The zero-order chi connectivity index (χ0) is 16.4. The Morgan fingerprint density at radius 1 is 1.32 bits per heavy atom. The Hall–Kier alpha value is -2.20. The Morgan fingerprint density at radius 2 is 2.09 bits per heavy atom. The van der Waals surface area contributed by atoms with Gasteiger partial charge in [-0.2, -0.15) is 13.2 Å². The van der Waals surface area contributed by atoms with Crippen LogP contribution >= 0.6 is 0 Å². The van der Waals surface area contributed by atoms with Gasteiger partial charge in [-0.3, -0.25) is 4.99 Å². The lowest BCUT2D eigenvalue weighted by molar-refractivity contribution is -0.137. The van der Waals surface area contributed by atoms with Crippen LogP contribution in [0.5, 0.6) is 0 Å². The Balaban J connectivity index is 2.54. The molecular weight excluding hydrogens is 295 g/mol. The molecule has 2 N–H and O–H groups in total. The van der Waals surface area contributed by atoms with E-state index < -0.39 is 11.7 Å². The summed E-state index contributed by atoms with van der Waals surface area (Å²) in [5, 5.41) is 5.93. The van der Waals surface area contributed by atoms with Gasteiger partial charge in [0.15, 0.2) is 5.96 Å². The summed E-state index contributed by atoms with van der Waals surface area (Å²) in [5.74, 6) is 5.99. The van der Waals surface area contributed by atoms with Crippen LogP contribution in [-0.2, 0) is 10.9 Å². The number of hydrogen-bond acceptors (Lipinski definition) is 2. The SMILES string of the molecule is CN=C(NCC#Cc1cccc(C(F)(F)F)c1)NCCOC. The molecule has 22 heavy (non-hydrogen) atoms. The summed E-state index contributed by atoms with van der Waals surface area (Å²) in [6, 6.07) is 4.92. The summed E-state index contributed by atoms with van der Waals surface area (Å²) in [7, 11) is 3.21. The summed E-state index contributed by atoms with van der Waals surface area (Å²) < 4.78 is 42.6. The van der Waals surface area contributed by atoms with E-state index in [1.165, 1.54) is 12.1 Å². The van der Waals surface area contributed by atoms with Crippen molar-refractivity contribution in [2.75, 3.05) is 33.9 Å². The Morgan fingerprint density at radius 3 is 2.73 bits per heavy atom. The lowest BCUT2D eigenvalue weighted by atomic mass is 10.1. The third kappa shape index (κ3) is 6.50. The molecule has 1 rings (SSSR count). The van der Waals surface area contributed by atoms with Crippen molar-refractivity contribution in [3.63, 3.8) is 0 Å². The van der Waals surface area contributed by atoms with Crippen LogP contribution in [0.25, 0.3) is 0 Å². The van der Waals surface area contributed by atoms with Crippen LogP contribution in [0.15, 0.2) is 29.3 Å². The molecule has 0 aliphatic carbocycles. The molecule has 0 bridgehead atoms. The number of nitrogens with one attached hydrogen (secondary N) is 2. The van der Waals surface area contributed by atoms with E-state index in [-0.39, 0.29) is 6.54 Å². The number of halogens is 3. The third-order valence-corrected chi connectivity index (χ3v) is 2.59. The molecular formula is C15H18F3N3O. The number of rotatable bonds is 4. The van der Waals surface area contributed by atoms with Gasteiger partial charge in [0, 0.05) is 26.3 Å². The Bertz CT molecular complexity index is 559. The largest absolute Gasteiger partial charge is 0.416 e. The fourth-order valence-electron chi connectivity index (χ4n) is 1.54.